The van der Waals surface area contributed by atoms with Crippen LogP contribution in [0.3, 0.4) is 0 Å². The number of ether oxygens (including phenoxy) is 1. The van der Waals surface area contributed by atoms with Crippen LogP contribution >= 0.6 is 0 Å². The summed E-state index contributed by atoms with van der Waals surface area (Å²) < 4.78 is 18.8. The van der Waals surface area contributed by atoms with Gasteiger partial charge in [0, 0.05) is 44.1 Å². The molecule has 4 nitrogen and oxygen atoms in total. The highest BCUT2D eigenvalue weighted by Crippen LogP contribution is 2.47. The van der Waals surface area contributed by atoms with Gasteiger partial charge in [-0.3, -0.25) is 4.99 Å². The van der Waals surface area contributed by atoms with Crippen molar-refractivity contribution in [2.45, 2.75) is 31.1 Å². The third kappa shape index (κ3) is 2.90. The molecule has 0 amide bonds. The van der Waals surface area contributed by atoms with Crippen LogP contribution in [0, 0.1) is 11.2 Å². The maximum absolute atomic E-state index is 13.2. The Morgan fingerprint density at radius 1 is 1.25 bits per heavy atom. The summed E-state index contributed by atoms with van der Waals surface area (Å²) in [5.74, 6) is 0.826. The van der Waals surface area contributed by atoms with Crippen LogP contribution < -0.4 is 5.32 Å². The fourth-order valence-corrected chi connectivity index (χ4v) is 4.19. The van der Waals surface area contributed by atoms with E-state index in [2.05, 4.69) is 15.2 Å². The van der Waals surface area contributed by atoms with Gasteiger partial charge in [0.15, 0.2) is 5.96 Å². The monoisotopic (exact) mass is 331 g/mol. The minimum atomic E-state index is -0.167. The Bertz CT molecular complexity index is 618. The second kappa shape index (κ2) is 6.03. The minimum Gasteiger partial charge on any atom is -0.381 e. The molecular weight excluding hydrogens is 305 g/mol. The number of rotatable bonds is 3. The van der Waals surface area contributed by atoms with Crippen molar-refractivity contribution in [2.24, 2.45) is 10.4 Å². The summed E-state index contributed by atoms with van der Waals surface area (Å²) in [6, 6.07) is 6.98. The lowest BCUT2D eigenvalue weighted by atomic mass is 9.87. The minimum absolute atomic E-state index is 0.150. The lowest BCUT2D eigenvalue weighted by Crippen LogP contribution is -2.44. The highest BCUT2D eigenvalue weighted by molar-refractivity contribution is 5.80. The fourth-order valence-electron chi connectivity index (χ4n) is 4.19. The third-order valence-electron chi connectivity index (χ3n) is 6.03. The molecule has 0 radical (unpaired) electrons. The molecule has 2 aliphatic heterocycles. The molecule has 4 rings (SSSR count). The number of halogens is 1. The fraction of sp³-hybridized carbons (Fsp3) is 0.632. The van der Waals surface area contributed by atoms with Crippen molar-refractivity contribution in [3.8, 4) is 0 Å². The first-order valence-corrected chi connectivity index (χ1v) is 8.94. The van der Waals surface area contributed by atoms with Crippen molar-refractivity contribution < 1.29 is 9.13 Å². The molecule has 1 atom stereocenters. The Kier molecular flexibility index (Phi) is 3.99. The van der Waals surface area contributed by atoms with E-state index < -0.39 is 0 Å². The number of guanidine groups is 1. The van der Waals surface area contributed by atoms with Gasteiger partial charge in [0.2, 0.25) is 0 Å². The maximum Gasteiger partial charge on any atom is 0.193 e. The second-order valence-electron chi connectivity index (χ2n) is 7.66. The van der Waals surface area contributed by atoms with Crippen LogP contribution in [0.5, 0.6) is 0 Å². The molecule has 5 heteroatoms. The van der Waals surface area contributed by atoms with Gasteiger partial charge in [-0.15, -0.1) is 0 Å². The molecule has 1 aromatic carbocycles. The standard InChI is InChI=1S/C19H26FN3O/c1-21-17(23-10-8-18(13-23)9-11-24-14-18)22-12-19(6-7-19)15-2-4-16(20)5-3-15/h2-5H,6-14H2,1H3,(H,21,22). The van der Waals surface area contributed by atoms with Gasteiger partial charge in [-0.2, -0.15) is 0 Å². The number of aliphatic imine (C=N–C) groups is 1. The van der Waals surface area contributed by atoms with Crippen molar-refractivity contribution in [1.82, 2.24) is 10.2 Å². The molecule has 24 heavy (non-hydrogen) atoms. The molecule has 0 aromatic heterocycles. The van der Waals surface area contributed by atoms with Gasteiger partial charge in [0.1, 0.15) is 5.82 Å². The first-order chi connectivity index (χ1) is 11.6. The zero-order valence-electron chi connectivity index (χ0n) is 14.4. The summed E-state index contributed by atoms with van der Waals surface area (Å²) >= 11 is 0. The molecule has 0 bridgehead atoms. The average Bonchev–Trinajstić information content (AvgIpc) is 3.06. The summed E-state index contributed by atoms with van der Waals surface area (Å²) in [7, 11) is 1.86. The number of likely N-dealkylation sites (tertiary alicyclic amines) is 1. The molecule has 3 fully saturated rings. The van der Waals surface area contributed by atoms with Gasteiger partial charge in [0.25, 0.3) is 0 Å². The summed E-state index contributed by atoms with van der Waals surface area (Å²) in [5, 5.41) is 3.57. The van der Waals surface area contributed by atoms with Crippen molar-refractivity contribution in [2.75, 3.05) is 39.9 Å². The number of hydrogen-bond acceptors (Lipinski definition) is 2. The molecule has 3 aliphatic rings. The number of nitrogens with zero attached hydrogens (tertiary/aromatic N) is 2. The first kappa shape index (κ1) is 15.9. The van der Waals surface area contributed by atoms with Gasteiger partial charge in [0.05, 0.1) is 6.61 Å². The summed E-state index contributed by atoms with van der Waals surface area (Å²) in [5.41, 5.74) is 1.72. The Balaban J connectivity index is 1.38. The van der Waals surface area contributed by atoms with E-state index >= 15 is 0 Å². The number of benzene rings is 1. The van der Waals surface area contributed by atoms with Crippen molar-refractivity contribution in [1.29, 1.82) is 0 Å². The summed E-state index contributed by atoms with van der Waals surface area (Å²) in [6.45, 7) is 4.74. The molecule has 1 N–H and O–H groups in total. The van der Waals surface area contributed by atoms with Crippen molar-refractivity contribution >= 4 is 5.96 Å². The van der Waals surface area contributed by atoms with Crippen LogP contribution in [-0.4, -0.2) is 50.8 Å². The van der Waals surface area contributed by atoms with Crippen molar-refractivity contribution in [3.05, 3.63) is 35.6 Å². The van der Waals surface area contributed by atoms with E-state index in [1.165, 1.54) is 18.4 Å². The van der Waals surface area contributed by atoms with Crippen LogP contribution in [0.1, 0.15) is 31.2 Å². The van der Waals surface area contributed by atoms with E-state index in [4.69, 9.17) is 4.74 Å². The molecule has 2 saturated heterocycles. The summed E-state index contributed by atoms with van der Waals surface area (Å²) in [6.07, 6.45) is 4.66. The molecule has 1 saturated carbocycles. The van der Waals surface area contributed by atoms with Gasteiger partial charge in [-0.05, 0) is 43.4 Å². The Hall–Kier alpha value is -1.62. The molecule has 1 unspecified atom stereocenters. The lowest BCUT2D eigenvalue weighted by Gasteiger charge is -2.26. The number of nitrogens with one attached hydrogen (secondary N) is 1. The molecule has 130 valence electrons. The molecule has 1 aromatic rings. The molecule has 2 heterocycles. The van der Waals surface area contributed by atoms with Crippen LogP contribution in [0.4, 0.5) is 4.39 Å². The zero-order chi connectivity index (χ0) is 16.6. The van der Waals surface area contributed by atoms with Gasteiger partial charge >= 0.3 is 0 Å². The predicted octanol–water partition coefficient (Wildman–Crippen LogP) is 2.55. The topological polar surface area (TPSA) is 36.9 Å². The molecule has 1 spiro atoms. The Morgan fingerprint density at radius 2 is 2.04 bits per heavy atom. The van der Waals surface area contributed by atoms with Gasteiger partial charge < -0.3 is 15.0 Å². The number of hydrogen-bond donors (Lipinski definition) is 1. The normalized spacial score (nSPS) is 28.6. The highest BCUT2D eigenvalue weighted by Gasteiger charge is 2.45. The largest absolute Gasteiger partial charge is 0.381 e. The van der Waals surface area contributed by atoms with E-state index in [9.17, 15) is 4.39 Å². The highest BCUT2D eigenvalue weighted by atomic mass is 19.1. The van der Waals surface area contributed by atoms with Gasteiger partial charge in [-0.25, -0.2) is 4.39 Å². The van der Waals surface area contributed by atoms with Crippen molar-refractivity contribution in [3.63, 3.8) is 0 Å². The SMILES string of the molecule is CN=C(NCC1(c2ccc(F)cc2)CC1)N1CCC2(CCOC2)C1. The van der Waals surface area contributed by atoms with E-state index in [0.717, 1.165) is 51.6 Å². The lowest BCUT2D eigenvalue weighted by molar-refractivity contribution is 0.156. The summed E-state index contributed by atoms with van der Waals surface area (Å²) in [4.78, 5) is 6.86. The van der Waals surface area contributed by atoms with Gasteiger partial charge in [-0.1, -0.05) is 12.1 Å². The predicted molar refractivity (Wildman–Crippen MR) is 92.7 cm³/mol. The zero-order valence-corrected chi connectivity index (χ0v) is 14.4. The van der Waals surface area contributed by atoms with Crippen LogP contribution in [-0.2, 0) is 10.2 Å². The average molecular weight is 331 g/mol. The maximum atomic E-state index is 13.2. The van der Waals surface area contributed by atoms with E-state index in [0.29, 0.717) is 5.41 Å². The van der Waals surface area contributed by atoms with E-state index in [1.54, 1.807) is 12.1 Å². The van der Waals surface area contributed by atoms with Crippen LogP contribution in [0.15, 0.2) is 29.3 Å². The third-order valence-corrected chi connectivity index (χ3v) is 6.03. The van der Waals surface area contributed by atoms with E-state index in [-0.39, 0.29) is 11.2 Å². The van der Waals surface area contributed by atoms with E-state index in [1.807, 2.05) is 19.2 Å². The quantitative estimate of drug-likeness (QED) is 0.683. The smallest absolute Gasteiger partial charge is 0.193 e. The first-order valence-electron chi connectivity index (χ1n) is 8.94. The molecular formula is C19H26FN3O. The van der Waals surface area contributed by atoms with Crippen LogP contribution in [0.25, 0.3) is 0 Å². The second-order valence-corrected chi connectivity index (χ2v) is 7.66. The molecule has 1 aliphatic carbocycles. The van der Waals surface area contributed by atoms with Crippen LogP contribution in [0.2, 0.25) is 0 Å². The Labute approximate surface area is 143 Å². The Morgan fingerprint density at radius 3 is 2.67 bits per heavy atom.